The first-order chi connectivity index (χ1) is 9.60. The number of thiophene rings is 1. The van der Waals surface area contributed by atoms with Crippen LogP contribution in [0.5, 0.6) is 6.01 Å². The van der Waals surface area contributed by atoms with Gasteiger partial charge in [0.1, 0.15) is 0 Å². The molecule has 0 fully saturated rings. The van der Waals surface area contributed by atoms with Crippen LogP contribution in [0.4, 0.5) is 11.9 Å². The second-order valence-electron chi connectivity index (χ2n) is 4.51. The van der Waals surface area contributed by atoms with E-state index in [1.54, 1.807) is 11.3 Å². The molecule has 7 heteroatoms. The van der Waals surface area contributed by atoms with Gasteiger partial charge in [0.05, 0.1) is 13.2 Å². The van der Waals surface area contributed by atoms with E-state index in [0.717, 1.165) is 6.54 Å². The van der Waals surface area contributed by atoms with Crippen LogP contribution >= 0.6 is 11.3 Å². The van der Waals surface area contributed by atoms with Crippen molar-refractivity contribution in [2.75, 3.05) is 17.2 Å². The zero-order valence-corrected chi connectivity index (χ0v) is 12.7. The summed E-state index contributed by atoms with van der Waals surface area (Å²) in [5.41, 5.74) is 5.73. The third-order valence-electron chi connectivity index (χ3n) is 2.68. The van der Waals surface area contributed by atoms with Crippen molar-refractivity contribution in [1.82, 2.24) is 15.0 Å². The molecule has 108 valence electrons. The molecule has 0 atom stereocenters. The number of nitrogens with zero attached hydrogens (tertiary/aromatic N) is 4. The number of aromatic nitrogens is 3. The van der Waals surface area contributed by atoms with Gasteiger partial charge in [-0.15, -0.1) is 11.3 Å². The van der Waals surface area contributed by atoms with E-state index in [0.29, 0.717) is 12.6 Å². The smallest absolute Gasteiger partial charge is 0.323 e. The molecule has 2 N–H and O–H groups in total. The van der Waals surface area contributed by atoms with E-state index in [1.165, 1.54) is 4.88 Å². The molecule has 0 saturated heterocycles. The Labute approximate surface area is 122 Å². The molecule has 0 unspecified atom stereocenters. The highest BCUT2D eigenvalue weighted by Gasteiger charge is 2.17. The summed E-state index contributed by atoms with van der Waals surface area (Å²) in [6.07, 6.45) is 0. The maximum absolute atomic E-state index is 5.73. The molecule has 0 aliphatic rings. The van der Waals surface area contributed by atoms with Gasteiger partial charge in [-0.3, -0.25) is 0 Å². The summed E-state index contributed by atoms with van der Waals surface area (Å²) in [5.74, 6) is 0.722. The van der Waals surface area contributed by atoms with Crippen molar-refractivity contribution in [2.24, 2.45) is 0 Å². The second kappa shape index (κ2) is 6.51. The summed E-state index contributed by atoms with van der Waals surface area (Å²) in [6.45, 7) is 7.30. The van der Waals surface area contributed by atoms with Crippen molar-refractivity contribution >= 4 is 23.2 Å². The lowest BCUT2D eigenvalue weighted by Gasteiger charge is -2.26. The van der Waals surface area contributed by atoms with E-state index in [2.05, 4.69) is 45.1 Å². The normalized spacial score (nSPS) is 10.8. The van der Waals surface area contributed by atoms with Gasteiger partial charge in [0, 0.05) is 10.9 Å². The predicted molar refractivity (Wildman–Crippen MR) is 81.0 cm³/mol. The third kappa shape index (κ3) is 3.57. The van der Waals surface area contributed by atoms with Gasteiger partial charge in [0.25, 0.3) is 0 Å². The lowest BCUT2D eigenvalue weighted by molar-refractivity contribution is 0.312. The Kier molecular flexibility index (Phi) is 4.73. The van der Waals surface area contributed by atoms with Crippen molar-refractivity contribution in [2.45, 2.75) is 33.4 Å². The molecule has 2 rings (SSSR count). The Hall–Kier alpha value is -1.89. The highest BCUT2D eigenvalue weighted by atomic mass is 32.1. The Bertz CT molecular complexity index is 544. The molecule has 0 aliphatic heterocycles. The minimum atomic E-state index is 0.176. The Balaban J connectivity index is 2.28. The van der Waals surface area contributed by atoms with Crippen molar-refractivity contribution < 1.29 is 4.74 Å². The van der Waals surface area contributed by atoms with Crippen molar-refractivity contribution in [3.8, 4) is 6.01 Å². The number of anilines is 2. The van der Waals surface area contributed by atoms with E-state index in [1.807, 2.05) is 13.0 Å². The minimum Gasteiger partial charge on any atom is -0.464 e. The second-order valence-corrected chi connectivity index (χ2v) is 5.54. The molecule has 20 heavy (non-hydrogen) atoms. The van der Waals surface area contributed by atoms with Crippen LogP contribution in [0.2, 0.25) is 0 Å². The lowest BCUT2D eigenvalue weighted by atomic mass is 10.3. The number of hydrogen-bond donors (Lipinski definition) is 1. The molecule has 0 bridgehead atoms. The Morgan fingerprint density at radius 3 is 2.75 bits per heavy atom. The summed E-state index contributed by atoms with van der Waals surface area (Å²) in [5, 5.41) is 2.06. The molecule has 0 spiro atoms. The fourth-order valence-corrected chi connectivity index (χ4v) is 2.44. The minimum absolute atomic E-state index is 0.176. The first-order valence-corrected chi connectivity index (χ1v) is 7.41. The average molecular weight is 293 g/mol. The van der Waals surface area contributed by atoms with Crippen LogP contribution in [-0.4, -0.2) is 27.6 Å². The highest BCUT2D eigenvalue weighted by molar-refractivity contribution is 7.09. The van der Waals surface area contributed by atoms with Crippen molar-refractivity contribution in [1.29, 1.82) is 0 Å². The molecule has 2 aromatic rings. The molecule has 0 aromatic carbocycles. The van der Waals surface area contributed by atoms with E-state index in [4.69, 9.17) is 10.5 Å². The molecule has 0 aliphatic carbocycles. The Morgan fingerprint density at radius 1 is 1.35 bits per heavy atom. The first kappa shape index (κ1) is 14.5. The van der Waals surface area contributed by atoms with Crippen LogP contribution in [0, 0.1) is 0 Å². The summed E-state index contributed by atoms with van der Waals surface area (Å²) in [4.78, 5) is 15.8. The van der Waals surface area contributed by atoms with Gasteiger partial charge in [-0.2, -0.15) is 15.0 Å². The summed E-state index contributed by atoms with van der Waals surface area (Å²) >= 11 is 1.71. The van der Waals surface area contributed by atoms with E-state index < -0.39 is 0 Å². The van der Waals surface area contributed by atoms with Crippen molar-refractivity contribution in [3.63, 3.8) is 0 Å². The van der Waals surface area contributed by atoms with E-state index in [-0.39, 0.29) is 18.0 Å². The highest BCUT2D eigenvalue weighted by Crippen LogP contribution is 2.20. The SMILES string of the molecule is CCOc1nc(N)nc(N(Cc2cccs2)C(C)C)n1. The van der Waals surface area contributed by atoms with Gasteiger partial charge in [-0.1, -0.05) is 6.07 Å². The third-order valence-corrected chi connectivity index (χ3v) is 3.54. The number of rotatable bonds is 6. The number of hydrogen-bond acceptors (Lipinski definition) is 7. The summed E-state index contributed by atoms with van der Waals surface area (Å²) in [6, 6.07) is 4.64. The zero-order valence-electron chi connectivity index (χ0n) is 11.9. The number of nitrogens with two attached hydrogens (primary N) is 1. The van der Waals surface area contributed by atoms with Crippen molar-refractivity contribution in [3.05, 3.63) is 22.4 Å². The molecule has 0 radical (unpaired) electrons. The van der Waals surface area contributed by atoms with Gasteiger partial charge in [0.2, 0.25) is 11.9 Å². The standard InChI is InChI=1S/C13H19N5OS/c1-4-19-13-16-11(14)15-12(17-13)18(9(2)3)8-10-6-5-7-20-10/h5-7,9H,4,8H2,1-3H3,(H2,14,15,16,17). The maximum atomic E-state index is 5.73. The molecule has 0 saturated carbocycles. The van der Waals surface area contributed by atoms with Crippen LogP contribution in [-0.2, 0) is 6.54 Å². The van der Waals surface area contributed by atoms with Crippen LogP contribution < -0.4 is 15.4 Å². The molecule has 6 nitrogen and oxygen atoms in total. The summed E-state index contributed by atoms with van der Waals surface area (Å²) < 4.78 is 5.33. The monoisotopic (exact) mass is 293 g/mol. The van der Waals surface area contributed by atoms with E-state index in [9.17, 15) is 0 Å². The van der Waals surface area contributed by atoms with Crippen LogP contribution in [0.25, 0.3) is 0 Å². The van der Waals surface area contributed by atoms with Crippen LogP contribution in [0.3, 0.4) is 0 Å². The van der Waals surface area contributed by atoms with Gasteiger partial charge in [-0.25, -0.2) is 0 Å². The maximum Gasteiger partial charge on any atom is 0.323 e. The van der Waals surface area contributed by atoms with Gasteiger partial charge in [0.15, 0.2) is 0 Å². The average Bonchev–Trinajstić information content (AvgIpc) is 2.88. The number of ether oxygens (including phenoxy) is 1. The van der Waals surface area contributed by atoms with Crippen LogP contribution in [0.1, 0.15) is 25.6 Å². The van der Waals surface area contributed by atoms with Gasteiger partial charge < -0.3 is 15.4 Å². The van der Waals surface area contributed by atoms with Gasteiger partial charge in [-0.05, 0) is 32.2 Å². The molecular weight excluding hydrogens is 274 g/mol. The van der Waals surface area contributed by atoms with Crippen LogP contribution in [0.15, 0.2) is 17.5 Å². The zero-order chi connectivity index (χ0) is 14.5. The fourth-order valence-electron chi connectivity index (χ4n) is 1.74. The summed E-state index contributed by atoms with van der Waals surface area (Å²) in [7, 11) is 0. The molecule has 2 aromatic heterocycles. The topological polar surface area (TPSA) is 77.2 Å². The Morgan fingerprint density at radius 2 is 2.15 bits per heavy atom. The molecular formula is C13H19N5OS. The lowest BCUT2D eigenvalue weighted by Crippen LogP contribution is -2.32. The van der Waals surface area contributed by atoms with Gasteiger partial charge >= 0.3 is 6.01 Å². The molecule has 2 heterocycles. The predicted octanol–water partition coefficient (Wildman–Crippen LogP) is 2.33. The fraction of sp³-hybridized carbons (Fsp3) is 0.462. The molecule has 0 amide bonds. The number of nitrogen functional groups attached to an aromatic ring is 1. The largest absolute Gasteiger partial charge is 0.464 e. The van der Waals surface area contributed by atoms with E-state index >= 15 is 0 Å². The first-order valence-electron chi connectivity index (χ1n) is 6.53. The quantitative estimate of drug-likeness (QED) is 0.880.